The number of nitrogens with one attached hydrogen (secondary N) is 1. The lowest BCUT2D eigenvalue weighted by Gasteiger charge is -2.42. The molecule has 0 aromatic heterocycles. The highest BCUT2D eigenvalue weighted by Gasteiger charge is 2.36. The van der Waals surface area contributed by atoms with E-state index in [-0.39, 0.29) is 23.2 Å². The van der Waals surface area contributed by atoms with Crippen LogP contribution in [-0.2, 0) is 23.1 Å². The number of hydrogen-bond acceptors (Lipinski definition) is 6. The van der Waals surface area contributed by atoms with Crippen molar-refractivity contribution >= 4 is 33.2 Å². The number of nitrogens with zero attached hydrogens (tertiary/aromatic N) is 1. The Bertz CT molecular complexity index is 1380. The van der Waals surface area contributed by atoms with Gasteiger partial charge in [-0.15, -0.1) is 0 Å². The molecule has 2 aliphatic rings. The Morgan fingerprint density at radius 3 is 2.70 bits per heavy atom. The largest absolute Gasteiger partial charge is 0.487 e. The van der Waals surface area contributed by atoms with E-state index in [9.17, 15) is 18.3 Å². The summed E-state index contributed by atoms with van der Waals surface area (Å²) in [4.78, 5) is 15.5. The maximum absolute atomic E-state index is 13.2. The number of anilines is 1. The summed E-state index contributed by atoms with van der Waals surface area (Å²) >= 11 is 6.31. The number of amides is 1. The number of halogens is 1. The quantitative estimate of drug-likeness (QED) is 0.262. The molecule has 7 nitrogen and oxygen atoms in total. The molecule has 1 amide bonds. The minimum absolute atomic E-state index is 0.0537. The van der Waals surface area contributed by atoms with E-state index in [1.54, 1.807) is 18.2 Å². The number of ether oxygens (including phenoxy) is 1. The molecule has 4 rings (SSSR count). The third kappa shape index (κ3) is 9.22. The van der Waals surface area contributed by atoms with Crippen LogP contribution in [0, 0.1) is 17.8 Å². The number of aliphatic hydroxyl groups excluding tert-OH is 1. The Kier molecular flexibility index (Phi) is 12.0. The monoisotopic (exact) mass is 630 g/mol. The van der Waals surface area contributed by atoms with Crippen LogP contribution in [0.25, 0.3) is 0 Å². The molecular weight excluding hydrogens is 584 g/mol. The summed E-state index contributed by atoms with van der Waals surface area (Å²) in [6.07, 6.45) is 11.0. The Morgan fingerprint density at radius 1 is 1.16 bits per heavy atom. The number of carbonyl (C=O) groups excluding carboxylic acids is 1. The van der Waals surface area contributed by atoms with Crippen molar-refractivity contribution in [2.75, 3.05) is 23.7 Å². The lowest BCUT2D eigenvalue weighted by Crippen LogP contribution is -2.43. The van der Waals surface area contributed by atoms with Gasteiger partial charge in [-0.1, -0.05) is 63.4 Å². The van der Waals surface area contributed by atoms with E-state index >= 15 is 0 Å². The Labute approximate surface area is 262 Å². The molecule has 236 valence electrons. The molecular formula is C34H47ClN2O5S. The van der Waals surface area contributed by atoms with Crippen molar-refractivity contribution in [2.45, 2.75) is 84.8 Å². The SMILES string of the molecule is CCC/C=C/[C@@H](O)[C@@H]1CC[C@H]1CN1CCCCc2cc(Cl)ccc2COc2ccc(C(=O)NS(=O)(=O)C[C@@H](C)CC)cc21. The molecule has 9 heteroatoms. The van der Waals surface area contributed by atoms with E-state index in [4.69, 9.17) is 16.3 Å². The van der Waals surface area contributed by atoms with Crippen LogP contribution < -0.4 is 14.4 Å². The van der Waals surface area contributed by atoms with Crippen molar-refractivity contribution in [3.05, 3.63) is 70.3 Å². The second-order valence-corrected chi connectivity index (χ2v) is 14.4. The highest BCUT2D eigenvalue weighted by molar-refractivity contribution is 7.90. The number of allylic oxidation sites excluding steroid dienone is 1. The minimum atomic E-state index is -3.77. The fraction of sp³-hybridized carbons (Fsp3) is 0.559. The van der Waals surface area contributed by atoms with Crippen molar-refractivity contribution in [1.82, 2.24) is 4.72 Å². The molecule has 0 saturated heterocycles. The first kappa shape index (κ1) is 33.3. The molecule has 43 heavy (non-hydrogen) atoms. The van der Waals surface area contributed by atoms with Crippen LogP contribution in [-0.4, -0.2) is 44.4 Å². The number of unbranched alkanes of at least 4 members (excludes halogenated alkanes) is 1. The van der Waals surface area contributed by atoms with Crippen LogP contribution >= 0.6 is 11.6 Å². The molecule has 2 N–H and O–H groups in total. The van der Waals surface area contributed by atoms with Crippen LogP contribution in [0.3, 0.4) is 0 Å². The molecule has 4 atom stereocenters. The van der Waals surface area contributed by atoms with Crippen LogP contribution in [0.2, 0.25) is 5.02 Å². The van der Waals surface area contributed by atoms with E-state index < -0.39 is 22.0 Å². The van der Waals surface area contributed by atoms with Crippen molar-refractivity contribution in [3.8, 4) is 5.75 Å². The standard InChI is InChI=1S/C34H47ClN2O5S/c1-4-6-7-11-32(38)30-16-13-27(30)21-37-18-9-8-10-25-19-29(35)15-12-28(25)22-42-33-17-14-26(20-31(33)37)34(39)36-43(40,41)23-24(3)5-2/h7,11-12,14-15,17,19-20,24,27,30,32,38H,4-6,8-10,13,16,18,21-23H2,1-3H3,(H,36,39)/b11-7+/t24-,27-,30+,32+/m0/s1. The molecule has 2 aromatic carbocycles. The summed E-state index contributed by atoms with van der Waals surface area (Å²) in [5.41, 5.74) is 3.29. The van der Waals surface area contributed by atoms with Crippen molar-refractivity contribution in [1.29, 1.82) is 0 Å². The van der Waals surface area contributed by atoms with Crippen molar-refractivity contribution in [2.24, 2.45) is 17.8 Å². The summed E-state index contributed by atoms with van der Waals surface area (Å²) in [7, 11) is -3.77. The number of aliphatic hydroxyl groups is 1. The molecule has 1 aliphatic heterocycles. The molecule has 1 aliphatic carbocycles. The third-order valence-corrected chi connectivity index (χ3v) is 10.6. The fourth-order valence-corrected chi connectivity index (χ4v) is 7.58. The first-order valence-electron chi connectivity index (χ1n) is 15.8. The van der Waals surface area contributed by atoms with Gasteiger partial charge in [0, 0.05) is 23.7 Å². The average Bonchev–Trinajstić information content (AvgIpc) is 2.98. The highest BCUT2D eigenvalue weighted by atomic mass is 35.5. The van der Waals surface area contributed by atoms with Gasteiger partial charge in [-0.2, -0.15) is 0 Å². The average molecular weight is 631 g/mol. The van der Waals surface area contributed by atoms with Gasteiger partial charge >= 0.3 is 0 Å². The molecule has 0 unspecified atom stereocenters. The molecule has 0 spiro atoms. The van der Waals surface area contributed by atoms with Gasteiger partial charge in [0.05, 0.1) is 17.5 Å². The molecule has 0 bridgehead atoms. The summed E-state index contributed by atoms with van der Waals surface area (Å²) in [6, 6.07) is 11.0. The molecule has 1 saturated carbocycles. The number of rotatable bonds is 11. The molecule has 1 fully saturated rings. The van der Waals surface area contributed by atoms with Gasteiger partial charge in [-0.3, -0.25) is 4.79 Å². The molecule has 1 heterocycles. The zero-order chi connectivity index (χ0) is 31.0. The zero-order valence-corrected chi connectivity index (χ0v) is 27.3. The molecule has 2 aromatic rings. The van der Waals surface area contributed by atoms with Crippen molar-refractivity contribution < 1.29 is 23.1 Å². The number of benzene rings is 2. The van der Waals surface area contributed by atoms with E-state index in [1.165, 1.54) is 5.56 Å². The minimum Gasteiger partial charge on any atom is -0.487 e. The number of aryl methyl sites for hydroxylation is 1. The first-order valence-corrected chi connectivity index (χ1v) is 17.8. The third-order valence-electron chi connectivity index (χ3n) is 8.84. The van der Waals surface area contributed by atoms with Gasteiger partial charge in [0.1, 0.15) is 12.4 Å². The Morgan fingerprint density at radius 2 is 1.98 bits per heavy atom. The van der Waals surface area contributed by atoms with Crippen LogP contribution in [0.1, 0.15) is 87.2 Å². The number of sulfonamides is 1. The van der Waals surface area contributed by atoms with Crippen molar-refractivity contribution in [3.63, 3.8) is 0 Å². The van der Waals surface area contributed by atoms with Gasteiger partial charge in [0.2, 0.25) is 10.0 Å². The van der Waals surface area contributed by atoms with E-state index in [2.05, 4.69) is 22.6 Å². The van der Waals surface area contributed by atoms with Crippen LogP contribution in [0.5, 0.6) is 5.75 Å². The lowest BCUT2D eigenvalue weighted by atomic mass is 9.70. The zero-order valence-electron chi connectivity index (χ0n) is 25.7. The van der Waals surface area contributed by atoms with E-state index in [0.29, 0.717) is 29.7 Å². The maximum atomic E-state index is 13.2. The summed E-state index contributed by atoms with van der Waals surface area (Å²) < 4.78 is 34.0. The predicted octanol–water partition coefficient (Wildman–Crippen LogP) is 6.91. The lowest BCUT2D eigenvalue weighted by molar-refractivity contribution is 0.0461. The highest BCUT2D eigenvalue weighted by Crippen LogP contribution is 2.41. The Balaban J connectivity index is 1.63. The topological polar surface area (TPSA) is 95.9 Å². The maximum Gasteiger partial charge on any atom is 0.264 e. The first-order chi connectivity index (χ1) is 20.6. The predicted molar refractivity (Wildman–Crippen MR) is 174 cm³/mol. The van der Waals surface area contributed by atoms with Crippen LogP contribution in [0.15, 0.2) is 48.6 Å². The van der Waals surface area contributed by atoms with Crippen LogP contribution in [0.4, 0.5) is 5.69 Å². The second-order valence-electron chi connectivity index (χ2n) is 12.2. The van der Waals surface area contributed by atoms with E-state index in [1.807, 2.05) is 38.1 Å². The smallest absolute Gasteiger partial charge is 0.264 e. The Hall–Kier alpha value is -2.55. The van der Waals surface area contributed by atoms with Gasteiger partial charge < -0.3 is 14.7 Å². The normalized spacial score (nSPS) is 20.6. The van der Waals surface area contributed by atoms with E-state index in [0.717, 1.165) is 69.3 Å². The van der Waals surface area contributed by atoms with Gasteiger partial charge in [-0.25, -0.2) is 13.1 Å². The number of fused-ring (bicyclic) bond motifs is 2. The van der Waals surface area contributed by atoms with Gasteiger partial charge in [0.15, 0.2) is 0 Å². The summed E-state index contributed by atoms with van der Waals surface area (Å²) in [5, 5.41) is 11.6. The number of hydrogen-bond donors (Lipinski definition) is 2. The molecule has 0 radical (unpaired) electrons. The van der Waals surface area contributed by atoms with Gasteiger partial charge in [0.25, 0.3) is 5.91 Å². The summed E-state index contributed by atoms with van der Waals surface area (Å²) in [5.74, 6) is 0.320. The number of carbonyl (C=O) groups is 1. The fourth-order valence-electron chi connectivity index (χ4n) is 5.91. The summed E-state index contributed by atoms with van der Waals surface area (Å²) in [6.45, 7) is 7.73. The second kappa shape index (κ2) is 15.4. The van der Waals surface area contributed by atoms with Gasteiger partial charge in [-0.05, 0) is 97.7 Å².